The normalized spacial score (nSPS) is 22.4. The topological polar surface area (TPSA) is 29.3 Å². The van der Waals surface area contributed by atoms with Crippen LogP contribution in [-0.4, -0.2) is 22.6 Å². The molecule has 2 aliphatic rings. The van der Waals surface area contributed by atoms with Gasteiger partial charge in [-0.1, -0.05) is 5.16 Å². The van der Waals surface area contributed by atoms with Gasteiger partial charge in [-0.15, -0.1) is 0 Å². The first-order chi connectivity index (χ1) is 6.88. The zero-order valence-electron chi connectivity index (χ0n) is 8.07. The first-order valence-corrected chi connectivity index (χ1v) is 5.83. The fourth-order valence-electron chi connectivity index (χ4n) is 2.16. The van der Waals surface area contributed by atoms with Crippen LogP contribution in [0.15, 0.2) is 4.52 Å². The van der Waals surface area contributed by atoms with Crippen molar-refractivity contribution in [1.82, 2.24) is 10.1 Å². The molecule has 3 rings (SSSR count). The Hall–Kier alpha value is -0.480. The molecule has 0 atom stereocenters. The molecular formula is C10H14N2OS. The number of thiol groups is 1. The van der Waals surface area contributed by atoms with E-state index in [1.807, 2.05) is 0 Å². The van der Waals surface area contributed by atoms with Crippen molar-refractivity contribution in [3.63, 3.8) is 0 Å². The molecular weight excluding hydrogens is 196 g/mol. The second-order valence-corrected chi connectivity index (χ2v) is 4.46. The molecule has 3 nitrogen and oxygen atoms in total. The third-order valence-corrected chi connectivity index (χ3v) is 3.45. The Labute approximate surface area is 88.9 Å². The minimum absolute atomic E-state index is 0.692. The lowest BCUT2D eigenvalue weighted by atomic mass is 10.1. The maximum Gasteiger partial charge on any atom is 0.142 e. The van der Waals surface area contributed by atoms with Gasteiger partial charge in [0.2, 0.25) is 0 Å². The lowest BCUT2D eigenvalue weighted by Gasteiger charge is -2.25. The van der Waals surface area contributed by atoms with Crippen LogP contribution < -0.4 is 0 Å². The van der Waals surface area contributed by atoms with Crippen LogP contribution in [0.4, 0.5) is 0 Å². The van der Waals surface area contributed by atoms with Gasteiger partial charge in [0, 0.05) is 36.9 Å². The average Bonchev–Trinajstić information content (AvgIpc) is 2.98. The van der Waals surface area contributed by atoms with E-state index in [9.17, 15) is 0 Å². The van der Waals surface area contributed by atoms with Gasteiger partial charge >= 0.3 is 0 Å². The molecule has 0 unspecified atom stereocenters. The van der Waals surface area contributed by atoms with Crippen LogP contribution in [0.3, 0.4) is 0 Å². The Bertz CT molecular complexity index is 332. The van der Waals surface area contributed by atoms with Crippen LogP contribution in [-0.2, 0) is 18.7 Å². The molecule has 1 saturated carbocycles. The van der Waals surface area contributed by atoms with E-state index < -0.39 is 0 Å². The summed E-state index contributed by atoms with van der Waals surface area (Å²) >= 11 is 4.27. The third kappa shape index (κ3) is 1.37. The van der Waals surface area contributed by atoms with Crippen LogP contribution in [0, 0.1) is 0 Å². The first-order valence-electron chi connectivity index (χ1n) is 5.19. The summed E-state index contributed by atoms with van der Waals surface area (Å²) < 4.78 is 5.30. The molecule has 0 radical (unpaired) electrons. The predicted octanol–water partition coefficient (Wildman–Crippen LogP) is 1.62. The molecule has 0 spiro atoms. The van der Waals surface area contributed by atoms with Gasteiger partial charge in [0.1, 0.15) is 5.76 Å². The summed E-state index contributed by atoms with van der Waals surface area (Å²) in [6.07, 6.45) is 3.76. The van der Waals surface area contributed by atoms with Gasteiger partial charge in [0.05, 0.1) is 5.69 Å². The Morgan fingerprint density at radius 3 is 3.07 bits per heavy atom. The van der Waals surface area contributed by atoms with E-state index in [-0.39, 0.29) is 0 Å². The molecule has 0 amide bonds. The van der Waals surface area contributed by atoms with Crippen molar-refractivity contribution in [3.8, 4) is 0 Å². The molecule has 4 heteroatoms. The Kier molecular flexibility index (Phi) is 2.06. The molecule has 1 aromatic rings. The largest absolute Gasteiger partial charge is 0.361 e. The number of nitrogens with zero attached hydrogens (tertiary/aromatic N) is 2. The predicted molar refractivity (Wildman–Crippen MR) is 56.3 cm³/mol. The summed E-state index contributed by atoms with van der Waals surface area (Å²) in [5.41, 5.74) is 2.34. The van der Waals surface area contributed by atoms with Gasteiger partial charge < -0.3 is 4.52 Å². The van der Waals surface area contributed by atoms with Crippen molar-refractivity contribution in [2.45, 2.75) is 37.6 Å². The smallest absolute Gasteiger partial charge is 0.142 e. The fraction of sp³-hybridized carbons (Fsp3) is 0.700. The molecule has 1 fully saturated rings. The van der Waals surface area contributed by atoms with Gasteiger partial charge in [0.15, 0.2) is 0 Å². The molecule has 0 saturated heterocycles. The molecule has 14 heavy (non-hydrogen) atoms. The van der Waals surface area contributed by atoms with Crippen LogP contribution in [0.25, 0.3) is 0 Å². The van der Waals surface area contributed by atoms with E-state index in [2.05, 4.69) is 22.7 Å². The van der Waals surface area contributed by atoms with Crippen molar-refractivity contribution < 1.29 is 4.52 Å². The highest BCUT2D eigenvalue weighted by molar-refractivity contribution is 7.79. The maximum absolute atomic E-state index is 5.30. The summed E-state index contributed by atoms with van der Waals surface area (Å²) in [6.45, 7) is 2.16. The Balaban J connectivity index is 1.86. The van der Waals surface area contributed by atoms with E-state index in [1.165, 1.54) is 18.4 Å². The fourth-order valence-corrected chi connectivity index (χ4v) is 2.41. The van der Waals surface area contributed by atoms with Crippen molar-refractivity contribution in [2.75, 3.05) is 6.54 Å². The highest BCUT2D eigenvalue weighted by atomic mass is 32.1. The maximum atomic E-state index is 5.30. The summed E-state index contributed by atoms with van der Waals surface area (Å²) in [6, 6.07) is 0.839. The summed E-state index contributed by atoms with van der Waals surface area (Å²) in [7, 11) is 0. The van der Waals surface area contributed by atoms with E-state index in [0.717, 1.165) is 37.0 Å². The monoisotopic (exact) mass is 210 g/mol. The molecule has 2 heterocycles. The van der Waals surface area contributed by atoms with Crippen molar-refractivity contribution in [2.24, 2.45) is 0 Å². The standard InChI is InChI=1S/C10H14N2OS/c14-6-9-8-5-12(7-1-2-7)4-3-10(8)13-11-9/h7,14H,1-6H2. The molecule has 1 aliphatic heterocycles. The van der Waals surface area contributed by atoms with E-state index in [0.29, 0.717) is 5.75 Å². The summed E-state index contributed by atoms with van der Waals surface area (Å²) in [4.78, 5) is 2.55. The van der Waals surface area contributed by atoms with E-state index in [1.54, 1.807) is 0 Å². The SMILES string of the molecule is SCc1noc2c1CN(C1CC1)CC2. The van der Waals surface area contributed by atoms with Crippen molar-refractivity contribution in [3.05, 3.63) is 17.0 Å². The molecule has 0 bridgehead atoms. The Morgan fingerprint density at radius 2 is 2.36 bits per heavy atom. The van der Waals surface area contributed by atoms with Crippen LogP contribution in [0.1, 0.15) is 29.9 Å². The number of aromatic nitrogens is 1. The first kappa shape index (κ1) is 8.80. The van der Waals surface area contributed by atoms with E-state index >= 15 is 0 Å². The minimum atomic E-state index is 0.692. The van der Waals surface area contributed by atoms with Gasteiger partial charge in [-0.2, -0.15) is 12.6 Å². The number of rotatable bonds is 2. The molecule has 1 aliphatic carbocycles. The summed E-state index contributed by atoms with van der Waals surface area (Å²) in [5.74, 6) is 1.78. The van der Waals surface area contributed by atoms with E-state index in [4.69, 9.17) is 4.52 Å². The van der Waals surface area contributed by atoms with Gasteiger partial charge in [-0.05, 0) is 12.8 Å². The number of fused-ring (bicyclic) bond motifs is 1. The second-order valence-electron chi connectivity index (χ2n) is 4.14. The highest BCUT2D eigenvalue weighted by Gasteiger charge is 2.33. The van der Waals surface area contributed by atoms with Gasteiger partial charge in [0.25, 0.3) is 0 Å². The lowest BCUT2D eigenvalue weighted by Crippen LogP contribution is -2.32. The number of hydrogen-bond donors (Lipinski definition) is 1. The van der Waals surface area contributed by atoms with Crippen LogP contribution in [0.5, 0.6) is 0 Å². The minimum Gasteiger partial charge on any atom is -0.361 e. The van der Waals surface area contributed by atoms with Crippen LogP contribution >= 0.6 is 12.6 Å². The molecule has 0 N–H and O–H groups in total. The van der Waals surface area contributed by atoms with Crippen LogP contribution in [0.2, 0.25) is 0 Å². The third-order valence-electron chi connectivity index (χ3n) is 3.15. The van der Waals surface area contributed by atoms with Gasteiger partial charge in [-0.3, -0.25) is 4.90 Å². The van der Waals surface area contributed by atoms with Crippen molar-refractivity contribution >= 4 is 12.6 Å². The molecule has 1 aromatic heterocycles. The zero-order valence-corrected chi connectivity index (χ0v) is 8.96. The lowest BCUT2D eigenvalue weighted by molar-refractivity contribution is 0.227. The quantitative estimate of drug-likeness (QED) is 0.752. The Morgan fingerprint density at radius 1 is 1.50 bits per heavy atom. The van der Waals surface area contributed by atoms with Crippen molar-refractivity contribution in [1.29, 1.82) is 0 Å². The second kappa shape index (κ2) is 3.28. The zero-order chi connectivity index (χ0) is 9.54. The number of hydrogen-bond acceptors (Lipinski definition) is 4. The molecule has 0 aromatic carbocycles. The average molecular weight is 210 g/mol. The summed E-state index contributed by atoms with van der Waals surface area (Å²) in [5, 5.41) is 4.05. The highest BCUT2D eigenvalue weighted by Crippen LogP contribution is 2.32. The van der Waals surface area contributed by atoms with Gasteiger partial charge in [-0.25, -0.2) is 0 Å². The molecule has 76 valence electrons.